The van der Waals surface area contributed by atoms with Crippen LogP contribution in [0.25, 0.3) is 0 Å². The number of aliphatic carboxylic acids is 2. The quantitative estimate of drug-likeness (QED) is 0.121. The summed E-state index contributed by atoms with van der Waals surface area (Å²) in [5.41, 5.74) is -2.07. The van der Waals surface area contributed by atoms with Crippen LogP contribution in [0.3, 0.4) is 0 Å². The number of rotatable bonds is 19. The van der Waals surface area contributed by atoms with Gasteiger partial charge in [0.2, 0.25) is 35.4 Å². The van der Waals surface area contributed by atoms with Crippen LogP contribution in [0.15, 0.2) is 0 Å². The number of amides is 7. The molecule has 58 heavy (non-hydrogen) atoms. The molecular weight excluding hydrogens is 775 g/mol. The number of nitrogens with zero attached hydrogens (tertiary/aromatic N) is 4. The summed E-state index contributed by atoms with van der Waals surface area (Å²) in [4.78, 5) is 120. The molecule has 1 saturated heterocycles. The van der Waals surface area contributed by atoms with E-state index in [0.29, 0.717) is 6.42 Å². The zero-order valence-electron chi connectivity index (χ0n) is 34.3. The largest absolute Gasteiger partial charge is 0.481 e. The fourth-order valence-electron chi connectivity index (χ4n) is 6.85. The second-order valence-corrected chi connectivity index (χ2v) is 15.8. The summed E-state index contributed by atoms with van der Waals surface area (Å²) in [6, 6.07) is -6.32. The van der Waals surface area contributed by atoms with Gasteiger partial charge in [0.1, 0.15) is 35.7 Å². The van der Waals surface area contributed by atoms with Crippen LogP contribution in [-0.2, 0) is 43.2 Å². The minimum Gasteiger partial charge on any atom is -0.481 e. The molecule has 0 spiro atoms. The number of likely N-dealkylation sites (tertiary alicyclic amines) is 1. The van der Waals surface area contributed by atoms with E-state index in [2.05, 4.69) is 10.6 Å². The molecule has 0 bridgehead atoms. The van der Waals surface area contributed by atoms with Crippen LogP contribution in [-0.4, -0.2) is 159 Å². The Balaban J connectivity index is 2.24. The van der Waals surface area contributed by atoms with E-state index in [-0.39, 0.29) is 25.3 Å². The summed E-state index contributed by atoms with van der Waals surface area (Å²) in [6.45, 7) is 6.33. The van der Waals surface area contributed by atoms with Gasteiger partial charge in [-0.1, -0.05) is 52.4 Å². The predicted molar refractivity (Wildman–Crippen MR) is 199 cm³/mol. The first kappa shape index (κ1) is 49.2. The molecule has 2 aliphatic rings. The molecule has 0 radical (unpaired) electrons. The van der Waals surface area contributed by atoms with Gasteiger partial charge < -0.3 is 45.8 Å². The third-order valence-corrected chi connectivity index (χ3v) is 11.0. The summed E-state index contributed by atoms with van der Waals surface area (Å²) in [6.07, 6.45) is -0.871. The Labute approximate surface area is 335 Å². The maximum Gasteiger partial charge on any atom is 0.471 e. The van der Waals surface area contributed by atoms with Crippen molar-refractivity contribution in [2.24, 2.45) is 11.8 Å². The van der Waals surface area contributed by atoms with Crippen LogP contribution < -0.4 is 16.0 Å². The number of alkyl halides is 3. The molecule has 21 heteroatoms. The van der Waals surface area contributed by atoms with Gasteiger partial charge in [0.25, 0.3) is 0 Å². The SMILES string of the molecule is CC[C@H](C)[C@H](NC(=O)C(C)(C)NC(=O)C(F)(F)F)C(=O)N(C)[C@@H](C)C(=O)N1CC[C@H]1C(=O)N(C)[C@@H](CC1CCCCC1)C(=O)N(C)CC(=O)N[C@@H](CC(=O)O)C(=O)O. The maximum atomic E-state index is 14.0. The third-order valence-electron chi connectivity index (χ3n) is 11.0. The summed E-state index contributed by atoms with van der Waals surface area (Å²) >= 11 is 0. The van der Waals surface area contributed by atoms with E-state index >= 15 is 0 Å². The summed E-state index contributed by atoms with van der Waals surface area (Å²) < 4.78 is 38.7. The normalized spacial score (nSPS) is 18.5. The second-order valence-electron chi connectivity index (χ2n) is 15.8. The molecule has 1 aliphatic carbocycles. The Kier molecular flexibility index (Phi) is 17.5. The van der Waals surface area contributed by atoms with Crippen LogP contribution in [0.4, 0.5) is 13.2 Å². The van der Waals surface area contributed by atoms with Gasteiger partial charge in [0.05, 0.1) is 13.0 Å². The molecule has 1 aliphatic heterocycles. The van der Waals surface area contributed by atoms with Crippen molar-refractivity contribution in [3.8, 4) is 0 Å². The minimum absolute atomic E-state index is 0.0661. The van der Waals surface area contributed by atoms with Crippen LogP contribution in [0, 0.1) is 11.8 Å². The second kappa shape index (κ2) is 20.6. The monoisotopic (exact) mass is 833 g/mol. The fraction of sp³-hybridized carbons (Fsp3) is 0.757. The average Bonchev–Trinajstić information content (AvgIpc) is 3.12. The zero-order chi connectivity index (χ0) is 44.4. The Morgan fingerprint density at radius 3 is 1.90 bits per heavy atom. The minimum atomic E-state index is -5.26. The lowest BCUT2D eigenvalue weighted by Crippen LogP contribution is -2.65. The standard InChI is InChI=1S/C37H58F3N7O11/c1-9-20(2)28(42-34(57)36(4,5)43-35(58)37(38,39)40)32(54)45(7)21(3)29(51)47-16-15-24(47)31(53)46(8)25(17-22-13-11-10-12-14-22)30(52)44(6)19-26(48)41-23(33(55)56)18-27(49)50/h20-25,28H,9-19H2,1-8H3,(H,41,48)(H,42,57)(H,43,58)(H,49,50)(H,55,56)/t20-,21-,23-,24-,25-,28-/m0/s1. The first-order valence-electron chi connectivity index (χ1n) is 19.3. The van der Waals surface area contributed by atoms with Gasteiger partial charge in [0.15, 0.2) is 0 Å². The van der Waals surface area contributed by atoms with Gasteiger partial charge in [0, 0.05) is 27.7 Å². The first-order chi connectivity index (χ1) is 26.7. The molecule has 2 rings (SSSR count). The van der Waals surface area contributed by atoms with Crippen LogP contribution in [0.1, 0.15) is 92.4 Å². The molecule has 0 aromatic heterocycles. The molecule has 0 aromatic carbocycles. The van der Waals surface area contributed by atoms with E-state index in [4.69, 9.17) is 5.11 Å². The highest BCUT2D eigenvalue weighted by Gasteiger charge is 2.47. The number of likely N-dealkylation sites (N-methyl/N-ethyl adjacent to an activating group) is 3. The van der Waals surface area contributed by atoms with E-state index in [0.717, 1.165) is 55.8 Å². The number of carbonyl (C=O) groups excluding carboxylic acids is 7. The van der Waals surface area contributed by atoms with Crippen molar-refractivity contribution in [1.29, 1.82) is 0 Å². The summed E-state index contributed by atoms with van der Waals surface area (Å²) in [7, 11) is 4.01. The molecule has 1 saturated carbocycles. The van der Waals surface area contributed by atoms with Crippen molar-refractivity contribution in [3.63, 3.8) is 0 Å². The molecule has 6 atom stereocenters. The van der Waals surface area contributed by atoms with Gasteiger partial charge in [-0.25, -0.2) is 4.79 Å². The maximum absolute atomic E-state index is 14.0. The van der Waals surface area contributed by atoms with Crippen LogP contribution in [0.2, 0.25) is 0 Å². The molecule has 7 amide bonds. The number of hydrogen-bond donors (Lipinski definition) is 5. The Morgan fingerprint density at radius 2 is 1.41 bits per heavy atom. The number of carboxylic acid groups (broad SMARTS) is 2. The molecular formula is C37H58F3N7O11. The number of carbonyl (C=O) groups is 9. The number of hydrogen-bond acceptors (Lipinski definition) is 9. The van der Waals surface area contributed by atoms with E-state index in [9.17, 15) is 61.4 Å². The number of halogens is 3. The van der Waals surface area contributed by atoms with Gasteiger partial charge in [-0.05, 0) is 45.4 Å². The van der Waals surface area contributed by atoms with Gasteiger partial charge in [-0.15, -0.1) is 0 Å². The van der Waals surface area contributed by atoms with E-state index < -0.39 is 114 Å². The molecule has 328 valence electrons. The lowest BCUT2D eigenvalue weighted by Gasteiger charge is -2.45. The molecule has 0 aromatic rings. The average molecular weight is 834 g/mol. The Hall–Kier alpha value is -4.98. The predicted octanol–water partition coefficient (Wildman–Crippen LogP) is 0.722. The molecule has 2 fully saturated rings. The zero-order valence-corrected chi connectivity index (χ0v) is 34.3. The summed E-state index contributed by atoms with van der Waals surface area (Å²) in [5, 5.41) is 24.4. The van der Waals surface area contributed by atoms with Crippen molar-refractivity contribution in [2.75, 3.05) is 34.2 Å². The highest BCUT2D eigenvalue weighted by Crippen LogP contribution is 2.30. The van der Waals surface area contributed by atoms with Crippen molar-refractivity contribution < 1.29 is 66.5 Å². The van der Waals surface area contributed by atoms with E-state index in [1.165, 1.54) is 37.9 Å². The van der Waals surface area contributed by atoms with E-state index in [1.54, 1.807) is 19.2 Å². The molecule has 18 nitrogen and oxygen atoms in total. The number of nitrogens with one attached hydrogen (secondary N) is 3. The molecule has 1 heterocycles. The molecule has 5 N–H and O–H groups in total. The fourth-order valence-corrected chi connectivity index (χ4v) is 6.85. The van der Waals surface area contributed by atoms with Crippen molar-refractivity contribution >= 4 is 53.3 Å². The first-order valence-corrected chi connectivity index (χ1v) is 19.3. The number of carboxylic acids is 2. The topological polar surface area (TPSA) is 243 Å². The Morgan fingerprint density at radius 1 is 0.828 bits per heavy atom. The van der Waals surface area contributed by atoms with Crippen molar-refractivity contribution in [3.05, 3.63) is 0 Å². The lowest BCUT2D eigenvalue weighted by molar-refractivity contribution is -0.176. The van der Waals surface area contributed by atoms with E-state index in [1.807, 2.05) is 0 Å². The van der Waals surface area contributed by atoms with Gasteiger partial charge >= 0.3 is 24.0 Å². The van der Waals surface area contributed by atoms with Crippen molar-refractivity contribution in [2.45, 2.75) is 134 Å². The Bertz CT molecular complexity index is 1570. The highest BCUT2D eigenvalue weighted by atomic mass is 19.4. The van der Waals surface area contributed by atoms with Gasteiger partial charge in [-0.3, -0.25) is 38.4 Å². The smallest absolute Gasteiger partial charge is 0.471 e. The van der Waals surface area contributed by atoms with Crippen molar-refractivity contribution in [1.82, 2.24) is 35.6 Å². The van der Waals surface area contributed by atoms with Crippen LogP contribution >= 0.6 is 0 Å². The lowest BCUT2D eigenvalue weighted by atomic mass is 9.84. The molecule has 0 unspecified atom stereocenters. The highest BCUT2D eigenvalue weighted by molar-refractivity contribution is 5.98. The third kappa shape index (κ3) is 13.0. The van der Waals surface area contributed by atoms with Crippen LogP contribution in [0.5, 0.6) is 0 Å². The summed E-state index contributed by atoms with van der Waals surface area (Å²) in [5.74, 6) is -10.4. The van der Waals surface area contributed by atoms with Gasteiger partial charge in [-0.2, -0.15) is 13.2 Å².